The highest BCUT2D eigenvalue weighted by Gasteiger charge is 2.08. The summed E-state index contributed by atoms with van der Waals surface area (Å²) >= 11 is 3.41. The smallest absolute Gasteiger partial charge is 0.258 e. The van der Waals surface area contributed by atoms with E-state index in [0.717, 1.165) is 27.1 Å². The molecule has 0 radical (unpaired) electrons. The van der Waals surface area contributed by atoms with Gasteiger partial charge in [0.25, 0.3) is 5.91 Å². The number of hydrogen-bond acceptors (Lipinski definition) is 3. The van der Waals surface area contributed by atoms with Crippen molar-refractivity contribution in [3.8, 4) is 17.1 Å². The van der Waals surface area contributed by atoms with Crippen LogP contribution in [-0.4, -0.2) is 12.5 Å². The highest BCUT2D eigenvalue weighted by Crippen LogP contribution is 2.24. The molecule has 0 aliphatic rings. The summed E-state index contributed by atoms with van der Waals surface area (Å²) in [4.78, 5) is 12.0. The van der Waals surface area contributed by atoms with E-state index < -0.39 is 0 Å². The van der Waals surface area contributed by atoms with Crippen LogP contribution in [0.15, 0.2) is 63.5 Å². The number of halogens is 1. The van der Waals surface area contributed by atoms with Crippen LogP contribution in [-0.2, 0) is 11.3 Å². The first kappa shape index (κ1) is 18.3. The predicted molar refractivity (Wildman–Crippen MR) is 105 cm³/mol. The number of furan rings is 1. The minimum atomic E-state index is -0.188. The second kappa shape index (κ2) is 8.23. The van der Waals surface area contributed by atoms with Crippen molar-refractivity contribution < 1.29 is 13.9 Å². The fourth-order valence-corrected chi connectivity index (χ4v) is 2.85. The zero-order valence-electron chi connectivity index (χ0n) is 14.7. The van der Waals surface area contributed by atoms with E-state index in [2.05, 4.69) is 21.2 Å². The van der Waals surface area contributed by atoms with E-state index in [1.54, 1.807) is 0 Å². The Kier molecular flexibility index (Phi) is 5.78. The first-order valence-electron chi connectivity index (χ1n) is 8.32. The van der Waals surface area contributed by atoms with Crippen LogP contribution in [0.2, 0.25) is 0 Å². The molecule has 3 rings (SSSR count). The zero-order chi connectivity index (χ0) is 18.5. The molecule has 2 aromatic carbocycles. The van der Waals surface area contributed by atoms with E-state index >= 15 is 0 Å². The van der Waals surface area contributed by atoms with Crippen LogP contribution in [0.5, 0.6) is 5.75 Å². The van der Waals surface area contributed by atoms with Gasteiger partial charge in [-0.15, -0.1) is 0 Å². The number of aryl methyl sites for hydroxylation is 2. The van der Waals surface area contributed by atoms with E-state index in [-0.39, 0.29) is 12.5 Å². The van der Waals surface area contributed by atoms with Gasteiger partial charge in [0.05, 0.1) is 6.54 Å². The average Bonchev–Trinajstić information content (AvgIpc) is 3.09. The summed E-state index contributed by atoms with van der Waals surface area (Å²) in [6.07, 6.45) is 0. The zero-order valence-corrected chi connectivity index (χ0v) is 16.3. The molecule has 26 heavy (non-hydrogen) atoms. The molecule has 1 aromatic heterocycles. The molecule has 1 N–H and O–H groups in total. The number of carbonyl (C=O) groups excluding carboxylic acids is 1. The molecule has 0 bridgehead atoms. The monoisotopic (exact) mass is 413 g/mol. The van der Waals surface area contributed by atoms with Crippen molar-refractivity contribution in [1.29, 1.82) is 0 Å². The molecule has 134 valence electrons. The Bertz CT molecular complexity index is 900. The molecule has 0 fully saturated rings. The molecule has 0 aliphatic carbocycles. The van der Waals surface area contributed by atoms with Crippen LogP contribution in [0, 0.1) is 13.8 Å². The summed E-state index contributed by atoms with van der Waals surface area (Å²) in [6.45, 7) is 4.29. The Morgan fingerprint density at radius 3 is 2.58 bits per heavy atom. The summed E-state index contributed by atoms with van der Waals surface area (Å²) in [7, 11) is 0. The molecular formula is C21H20BrNO3. The summed E-state index contributed by atoms with van der Waals surface area (Å²) in [5, 5.41) is 2.81. The van der Waals surface area contributed by atoms with Crippen molar-refractivity contribution in [2.45, 2.75) is 20.4 Å². The third kappa shape index (κ3) is 4.76. The normalized spacial score (nSPS) is 10.6. The first-order valence-corrected chi connectivity index (χ1v) is 9.12. The molecule has 4 nitrogen and oxygen atoms in total. The molecule has 0 aliphatic heterocycles. The van der Waals surface area contributed by atoms with Gasteiger partial charge >= 0.3 is 0 Å². The number of rotatable bonds is 6. The summed E-state index contributed by atoms with van der Waals surface area (Å²) in [5.74, 6) is 2.00. The molecule has 0 unspecified atom stereocenters. The number of carbonyl (C=O) groups is 1. The fraction of sp³-hybridized carbons (Fsp3) is 0.190. The van der Waals surface area contributed by atoms with Crippen molar-refractivity contribution in [3.05, 3.63) is 76.0 Å². The Morgan fingerprint density at radius 2 is 1.85 bits per heavy atom. The minimum Gasteiger partial charge on any atom is -0.484 e. The Hall–Kier alpha value is -2.53. The van der Waals surface area contributed by atoms with E-state index in [1.165, 1.54) is 5.56 Å². The maximum atomic E-state index is 12.0. The quantitative estimate of drug-likeness (QED) is 0.616. The lowest BCUT2D eigenvalue weighted by molar-refractivity contribution is -0.123. The van der Waals surface area contributed by atoms with Gasteiger partial charge in [0.2, 0.25) is 0 Å². The van der Waals surface area contributed by atoms with Crippen LogP contribution in [0.25, 0.3) is 11.3 Å². The van der Waals surface area contributed by atoms with Gasteiger partial charge < -0.3 is 14.5 Å². The third-order valence-corrected chi connectivity index (χ3v) is 4.47. The highest BCUT2D eigenvalue weighted by atomic mass is 79.9. The topological polar surface area (TPSA) is 51.5 Å². The number of ether oxygens (including phenoxy) is 1. The van der Waals surface area contributed by atoms with E-state index in [1.807, 2.05) is 68.4 Å². The third-order valence-electron chi connectivity index (χ3n) is 3.94. The lowest BCUT2D eigenvalue weighted by Gasteiger charge is -2.09. The maximum absolute atomic E-state index is 12.0. The summed E-state index contributed by atoms with van der Waals surface area (Å²) in [6, 6.07) is 17.5. The molecule has 1 heterocycles. The van der Waals surface area contributed by atoms with Gasteiger partial charge in [0.1, 0.15) is 17.3 Å². The largest absolute Gasteiger partial charge is 0.484 e. The van der Waals surface area contributed by atoms with Crippen LogP contribution in [0.1, 0.15) is 16.9 Å². The predicted octanol–water partition coefficient (Wildman–Crippen LogP) is 5.02. The maximum Gasteiger partial charge on any atom is 0.258 e. The van der Waals surface area contributed by atoms with E-state index in [0.29, 0.717) is 12.3 Å². The van der Waals surface area contributed by atoms with Gasteiger partial charge in [-0.2, -0.15) is 0 Å². The second-order valence-electron chi connectivity index (χ2n) is 6.11. The van der Waals surface area contributed by atoms with Crippen molar-refractivity contribution in [3.63, 3.8) is 0 Å². The van der Waals surface area contributed by atoms with Crippen molar-refractivity contribution in [2.24, 2.45) is 0 Å². The molecule has 5 heteroatoms. The molecule has 3 aromatic rings. The highest BCUT2D eigenvalue weighted by molar-refractivity contribution is 9.10. The van der Waals surface area contributed by atoms with Crippen molar-refractivity contribution in [1.82, 2.24) is 5.32 Å². The van der Waals surface area contributed by atoms with Gasteiger partial charge in [-0.3, -0.25) is 4.79 Å². The summed E-state index contributed by atoms with van der Waals surface area (Å²) < 4.78 is 12.4. The minimum absolute atomic E-state index is 0.0236. The molecule has 0 spiro atoms. The SMILES string of the molecule is Cc1ccc(OCC(=O)NCc2ccc(-c3ccc(Br)cc3)o2)c(C)c1. The Morgan fingerprint density at radius 1 is 1.08 bits per heavy atom. The molecular weight excluding hydrogens is 394 g/mol. The number of hydrogen-bond donors (Lipinski definition) is 1. The molecule has 1 amide bonds. The lowest BCUT2D eigenvalue weighted by atomic mass is 10.1. The van der Waals surface area contributed by atoms with Crippen LogP contribution >= 0.6 is 15.9 Å². The standard InChI is InChI=1S/C21H20BrNO3/c1-14-3-9-19(15(2)11-14)25-13-21(24)23-12-18-8-10-20(26-18)16-4-6-17(22)7-5-16/h3-11H,12-13H2,1-2H3,(H,23,24). The Labute approximate surface area is 161 Å². The van der Waals surface area contributed by atoms with Gasteiger partial charge in [0.15, 0.2) is 6.61 Å². The van der Waals surface area contributed by atoms with Crippen LogP contribution < -0.4 is 10.1 Å². The van der Waals surface area contributed by atoms with E-state index in [9.17, 15) is 4.79 Å². The molecule has 0 saturated carbocycles. The Balaban J connectivity index is 1.51. The molecule has 0 saturated heterocycles. The number of amides is 1. The average molecular weight is 414 g/mol. The van der Waals surface area contributed by atoms with Crippen LogP contribution in [0.3, 0.4) is 0 Å². The summed E-state index contributed by atoms with van der Waals surface area (Å²) in [5.41, 5.74) is 3.17. The van der Waals surface area contributed by atoms with Crippen LogP contribution in [0.4, 0.5) is 0 Å². The van der Waals surface area contributed by atoms with Crippen molar-refractivity contribution >= 4 is 21.8 Å². The second-order valence-corrected chi connectivity index (χ2v) is 7.02. The van der Waals surface area contributed by atoms with E-state index in [4.69, 9.17) is 9.15 Å². The first-order chi connectivity index (χ1) is 12.5. The fourth-order valence-electron chi connectivity index (χ4n) is 2.58. The number of nitrogens with one attached hydrogen (secondary N) is 1. The van der Waals surface area contributed by atoms with Gasteiger partial charge in [-0.25, -0.2) is 0 Å². The lowest BCUT2D eigenvalue weighted by Crippen LogP contribution is -2.28. The van der Waals surface area contributed by atoms with Gasteiger partial charge in [-0.1, -0.05) is 45.8 Å². The number of benzene rings is 2. The van der Waals surface area contributed by atoms with Gasteiger partial charge in [-0.05, 0) is 49.7 Å². The van der Waals surface area contributed by atoms with Gasteiger partial charge in [0, 0.05) is 10.0 Å². The van der Waals surface area contributed by atoms with Crippen molar-refractivity contribution in [2.75, 3.05) is 6.61 Å². The molecule has 0 atom stereocenters.